The van der Waals surface area contributed by atoms with E-state index in [1.54, 1.807) is 12.1 Å². The molecule has 0 fully saturated rings. The highest BCUT2D eigenvalue weighted by Crippen LogP contribution is 2.13. The lowest BCUT2D eigenvalue weighted by atomic mass is 10.1. The lowest BCUT2D eigenvalue weighted by Crippen LogP contribution is -2.11. The third-order valence-corrected chi connectivity index (χ3v) is 3.35. The standard InChI is InChI=1S/C18H17N5O2/c1-12-7-9-13(10-8-12)16(24)25-11-15-21-17(19)23-18(22-15)20-14-5-3-2-4-6-14/h2-10H,11H2,1H3,(H3,19,20,21,22,23). The number of benzene rings is 2. The fraction of sp³-hybridized carbons (Fsp3) is 0.111. The Hall–Kier alpha value is -3.48. The van der Waals surface area contributed by atoms with Gasteiger partial charge in [0, 0.05) is 5.69 Å². The molecule has 1 aromatic heterocycles. The lowest BCUT2D eigenvalue weighted by molar-refractivity contribution is 0.0462. The Morgan fingerprint density at radius 1 is 1.04 bits per heavy atom. The summed E-state index contributed by atoms with van der Waals surface area (Å²) in [5.41, 5.74) is 8.06. The zero-order valence-electron chi connectivity index (χ0n) is 13.6. The van der Waals surface area contributed by atoms with Crippen LogP contribution in [0, 0.1) is 6.92 Å². The first-order valence-electron chi connectivity index (χ1n) is 7.66. The van der Waals surface area contributed by atoms with Crippen molar-refractivity contribution in [3.8, 4) is 0 Å². The molecule has 0 atom stereocenters. The molecule has 0 aliphatic rings. The largest absolute Gasteiger partial charge is 0.454 e. The van der Waals surface area contributed by atoms with Gasteiger partial charge in [0.25, 0.3) is 0 Å². The molecule has 0 aliphatic carbocycles. The number of para-hydroxylation sites is 1. The van der Waals surface area contributed by atoms with Crippen LogP contribution in [0.25, 0.3) is 0 Å². The minimum Gasteiger partial charge on any atom is -0.454 e. The van der Waals surface area contributed by atoms with Crippen LogP contribution in [0.3, 0.4) is 0 Å². The number of aryl methyl sites for hydroxylation is 1. The number of nitrogens with one attached hydrogen (secondary N) is 1. The van der Waals surface area contributed by atoms with E-state index in [-0.39, 0.29) is 18.4 Å². The molecule has 25 heavy (non-hydrogen) atoms. The highest BCUT2D eigenvalue weighted by molar-refractivity contribution is 5.89. The van der Waals surface area contributed by atoms with Crippen molar-refractivity contribution in [1.29, 1.82) is 0 Å². The second kappa shape index (κ2) is 7.39. The Morgan fingerprint density at radius 3 is 2.48 bits per heavy atom. The molecule has 3 rings (SSSR count). The highest BCUT2D eigenvalue weighted by atomic mass is 16.5. The number of aromatic nitrogens is 3. The lowest BCUT2D eigenvalue weighted by Gasteiger charge is -2.08. The van der Waals surface area contributed by atoms with Crippen LogP contribution >= 0.6 is 0 Å². The van der Waals surface area contributed by atoms with Gasteiger partial charge in [-0.1, -0.05) is 35.9 Å². The quantitative estimate of drug-likeness (QED) is 0.691. The second-order valence-corrected chi connectivity index (χ2v) is 5.37. The predicted octanol–water partition coefficient (Wildman–Crippen LogP) is 2.86. The average molecular weight is 335 g/mol. The number of carbonyl (C=O) groups is 1. The van der Waals surface area contributed by atoms with Crippen LogP contribution < -0.4 is 11.1 Å². The number of nitrogens with two attached hydrogens (primary N) is 1. The maximum atomic E-state index is 12.0. The van der Waals surface area contributed by atoms with E-state index in [9.17, 15) is 4.79 Å². The fourth-order valence-corrected chi connectivity index (χ4v) is 2.11. The van der Waals surface area contributed by atoms with Crippen molar-refractivity contribution in [2.75, 3.05) is 11.1 Å². The Morgan fingerprint density at radius 2 is 1.76 bits per heavy atom. The molecule has 1 heterocycles. The van der Waals surface area contributed by atoms with E-state index in [1.165, 1.54) is 0 Å². The number of esters is 1. The molecule has 7 heteroatoms. The molecule has 0 bridgehead atoms. The van der Waals surface area contributed by atoms with Crippen LogP contribution in [-0.4, -0.2) is 20.9 Å². The molecule has 0 aliphatic heterocycles. The zero-order valence-corrected chi connectivity index (χ0v) is 13.6. The van der Waals surface area contributed by atoms with Gasteiger partial charge < -0.3 is 15.8 Å². The van der Waals surface area contributed by atoms with E-state index in [0.29, 0.717) is 11.5 Å². The summed E-state index contributed by atoms with van der Waals surface area (Å²) in [4.78, 5) is 24.3. The summed E-state index contributed by atoms with van der Waals surface area (Å²) in [7, 11) is 0. The highest BCUT2D eigenvalue weighted by Gasteiger charge is 2.10. The first kappa shape index (κ1) is 16.4. The number of nitrogen functional groups attached to an aromatic ring is 1. The first-order valence-corrected chi connectivity index (χ1v) is 7.66. The van der Waals surface area contributed by atoms with Gasteiger partial charge >= 0.3 is 5.97 Å². The van der Waals surface area contributed by atoms with Gasteiger partial charge in [-0.3, -0.25) is 0 Å². The summed E-state index contributed by atoms with van der Waals surface area (Å²) in [6, 6.07) is 16.5. The Bertz CT molecular complexity index is 866. The smallest absolute Gasteiger partial charge is 0.338 e. The van der Waals surface area contributed by atoms with Gasteiger partial charge in [-0.05, 0) is 31.2 Å². The SMILES string of the molecule is Cc1ccc(C(=O)OCc2nc(N)nc(Nc3ccccc3)n2)cc1. The third kappa shape index (κ3) is 4.51. The van der Waals surface area contributed by atoms with Crippen molar-refractivity contribution in [3.05, 3.63) is 71.5 Å². The average Bonchev–Trinajstić information content (AvgIpc) is 2.61. The van der Waals surface area contributed by atoms with Crippen molar-refractivity contribution < 1.29 is 9.53 Å². The first-order chi connectivity index (χ1) is 12.1. The minimum atomic E-state index is -0.448. The summed E-state index contributed by atoms with van der Waals surface area (Å²) in [6.45, 7) is 1.85. The van der Waals surface area contributed by atoms with Gasteiger partial charge in [0.1, 0.15) is 0 Å². The van der Waals surface area contributed by atoms with E-state index in [2.05, 4.69) is 20.3 Å². The normalized spacial score (nSPS) is 10.3. The van der Waals surface area contributed by atoms with Crippen LogP contribution in [-0.2, 0) is 11.3 Å². The molecule has 3 aromatic rings. The molecule has 0 amide bonds. The van der Waals surface area contributed by atoms with Gasteiger partial charge in [0.15, 0.2) is 12.4 Å². The number of rotatable bonds is 5. The van der Waals surface area contributed by atoms with E-state index in [1.807, 2.05) is 49.4 Å². The topological polar surface area (TPSA) is 103 Å². The number of carbonyl (C=O) groups excluding carboxylic acids is 1. The molecule has 0 unspecified atom stereocenters. The number of nitrogens with zero attached hydrogens (tertiary/aromatic N) is 3. The van der Waals surface area contributed by atoms with Gasteiger partial charge in [-0.2, -0.15) is 15.0 Å². The van der Waals surface area contributed by atoms with Gasteiger partial charge in [-0.15, -0.1) is 0 Å². The van der Waals surface area contributed by atoms with Gasteiger partial charge in [0.05, 0.1) is 5.56 Å². The van der Waals surface area contributed by atoms with Crippen molar-refractivity contribution in [3.63, 3.8) is 0 Å². The molecule has 0 saturated heterocycles. The molecule has 3 N–H and O–H groups in total. The Kier molecular flexibility index (Phi) is 4.84. The summed E-state index contributed by atoms with van der Waals surface area (Å²) in [5, 5.41) is 3.03. The molecule has 126 valence electrons. The number of hydrogen-bond acceptors (Lipinski definition) is 7. The van der Waals surface area contributed by atoms with E-state index < -0.39 is 5.97 Å². The monoisotopic (exact) mass is 335 g/mol. The Balaban J connectivity index is 1.68. The van der Waals surface area contributed by atoms with Crippen molar-refractivity contribution in [2.45, 2.75) is 13.5 Å². The van der Waals surface area contributed by atoms with E-state index in [0.717, 1.165) is 11.3 Å². The van der Waals surface area contributed by atoms with Gasteiger partial charge in [-0.25, -0.2) is 4.79 Å². The van der Waals surface area contributed by atoms with Crippen LogP contribution in [0.5, 0.6) is 0 Å². The summed E-state index contributed by atoms with van der Waals surface area (Å²) in [5.74, 6) is 0.165. The van der Waals surface area contributed by atoms with Crippen LogP contribution in [0.2, 0.25) is 0 Å². The molecule has 0 saturated carbocycles. The maximum Gasteiger partial charge on any atom is 0.338 e. The summed E-state index contributed by atoms with van der Waals surface area (Å²) >= 11 is 0. The number of ether oxygens (including phenoxy) is 1. The van der Waals surface area contributed by atoms with Crippen LogP contribution in [0.1, 0.15) is 21.7 Å². The predicted molar refractivity (Wildman–Crippen MR) is 94.3 cm³/mol. The fourth-order valence-electron chi connectivity index (χ4n) is 2.11. The molecular weight excluding hydrogens is 318 g/mol. The van der Waals surface area contributed by atoms with Crippen LogP contribution in [0.4, 0.5) is 17.6 Å². The number of hydrogen-bond donors (Lipinski definition) is 2. The van der Waals surface area contributed by atoms with Gasteiger partial charge in [0.2, 0.25) is 11.9 Å². The number of anilines is 3. The van der Waals surface area contributed by atoms with Crippen molar-refractivity contribution in [2.24, 2.45) is 0 Å². The van der Waals surface area contributed by atoms with Crippen LogP contribution in [0.15, 0.2) is 54.6 Å². The zero-order chi connectivity index (χ0) is 17.6. The molecular formula is C18H17N5O2. The van der Waals surface area contributed by atoms with E-state index >= 15 is 0 Å². The van der Waals surface area contributed by atoms with Crippen molar-refractivity contribution >= 4 is 23.6 Å². The van der Waals surface area contributed by atoms with E-state index in [4.69, 9.17) is 10.5 Å². The second-order valence-electron chi connectivity index (χ2n) is 5.37. The molecule has 7 nitrogen and oxygen atoms in total. The molecule has 0 spiro atoms. The molecule has 0 radical (unpaired) electrons. The summed E-state index contributed by atoms with van der Waals surface area (Å²) in [6.07, 6.45) is 0. The van der Waals surface area contributed by atoms with Crippen molar-refractivity contribution in [1.82, 2.24) is 15.0 Å². The third-order valence-electron chi connectivity index (χ3n) is 3.35. The molecule has 2 aromatic carbocycles. The Labute approximate surface area is 144 Å². The minimum absolute atomic E-state index is 0.0508. The maximum absolute atomic E-state index is 12.0. The summed E-state index contributed by atoms with van der Waals surface area (Å²) < 4.78 is 5.24.